The lowest BCUT2D eigenvalue weighted by atomic mass is 9.99. The molecule has 0 bridgehead atoms. The molecular weight excluding hydrogens is 324 g/mol. The molecule has 1 aromatic rings. The van der Waals surface area contributed by atoms with Crippen molar-refractivity contribution in [2.45, 2.75) is 32.2 Å². The van der Waals surface area contributed by atoms with Crippen molar-refractivity contribution in [2.75, 3.05) is 19.5 Å². The van der Waals surface area contributed by atoms with Crippen LogP contribution in [0.3, 0.4) is 0 Å². The van der Waals surface area contributed by atoms with Crippen LogP contribution in [-0.2, 0) is 4.79 Å². The van der Waals surface area contributed by atoms with Crippen LogP contribution < -0.4 is 20.1 Å². The molecule has 1 rings (SSSR count). The monoisotopic (exact) mass is 344 g/mol. The molecule has 0 saturated carbocycles. The first-order valence-corrected chi connectivity index (χ1v) is 7.29. The predicted octanol–water partition coefficient (Wildman–Crippen LogP) is 3.12. The molecule has 0 aliphatic rings. The van der Waals surface area contributed by atoms with E-state index < -0.39 is 17.5 Å². The molecule has 0 aliphatic carbocycles. The Morgan fingerprint density at radius 2 is 1.83 bits per heavy atom. The first-order valence-electron chi connectivity index (χ1n) is 6.91. The van der Waals surface area contributed by atoms with Crippen LogP contribution in [0, 0.1) is 0 Å². The van der Waals surface area contributed by atoms with Gasteiger partial charge in [-0.25, -0.2) is 4.79 Å². The summed E-state index contributed by atoms with van der Waals surface area (Å²) in [7, 11) is 2.92. The fraction of sp³-hybridized carbons (Fsp3) is 0.467. The molecule has 0 aromatic heterocycles. The number of rotatable bonds is 7. The zero-order valence-electron chi connectivity index (χ0n) is 13.5. The SMILES string of the molecule is COc1cc(NC(=O)NC(C)(C)CCC(=O)O)c(OC)cc1Cl. The lowest BCUT2D eigenvalue weighted by molar-refractivity contribution is -0.137. The van der Waals surface area contributed by atoms with Crippen LogP contribution in [0.5, 0.6) is 11.5 Å². The number of halogens is 1. The second-order valence-electron chi connectivity index (χ2n) is 5.54. The minimum Gasteiger partial charge on any atom is -0.495 e. The summed E-state index contributed by atoms with van der Waals surface area (Å²) in [4.78, 5) is 22.8. The van der Waals surface area contributed by atoms with Crippen LogP contribution in [0.1, 0.15) is 26.7 Å². The highest BCUT2D eigenvalue weighted by atomic mass is 35.5. The maximum absolute atomic E-state index is 12.1. The lowest BCUT2D eigenvalue weighted by Crippen LogP contribution is -2.45. The fourth-order valence-corrected chi connectivity index (χ4v) is 2.13. The molecular formula is C15H21ClN2O5. The summed E-state index contributed by atoms with van der Waals surface area (Å²) < 4.78 is 10.3. The van der Waals surface area contributed by atoms with Crippen LogP contribution >= 0.6 is 11.6 Å². The first-order chi connectivity index (χ1) is 10.7. The second-order valence-corrected chi connectivity index (χ2v) is 5.95. The zero-order chi connectivity index (χ0) is 17.6. The minimum atomic E-state index is -0.913. The Labute approximate surface area is 139 Å². The molecule has 23 heavy (non-hydrogen) atoms. The highest BCUT2D eigenvalue weighted by Crippen LogP contribution is 2.35. The van der Waals surface area contributed by atoms with Crippen molar-refractivity contribution in [1.82, 2.24) is 5.32 Å². The van der Waals surface area contributed by atoms with Crippen LogP contribution in [0.25, 0.3) is 0 Å². The molecule has 1 aromatic carbocycles. The third kappa shape index (κ3) is 5.86. The molecule has 8 heteroatoms. The number of amides is 2. The van der Waals surface area contributed by atoms with Crippen molar-refractivity contribution in [3.8, 4) is 11.5 Å². The number of aliphatic carboxylic acids is 1. The van der Waals surface area contributed by atoms with E-state index in [-0.39, 0.29) is 6.42 Å². The van der Waals surface area contributed by atoms with Crippen molar-refractivity contribution >= 4 is 29.3 Å². The molecule has 0 spiro atoms. The normalized spacial score (nSPS) is 10.8. The summed E-state index contributed by atoms with van der Waals surface area (Å²) in [5.74, 6) is -0.133. The Hall–Kier alpha value is -2.15. The van der Waals surface area contributed by atoms with E-state index in [1.165, 1.54) is 20.3 Å². The number of carboxylic acid groups (broad SMARTS) is 1. The lowest BCUT2D eigenvalue weighted by Gasteiger charge is -2.26. The van der Waals surface area contributed by atoms with E-state index in [1.807, 2.05) is 0 Å². The number of methoxy groups -OCH3 is 2. The van der Waals surface area contributed by atoms with E-state index in [9.17, 15) is 9.59 Å². The summed E-state index contributed by atoms with van der Waals surface area (Å²) in [5.41, 5.74) is -0.285. The number of carbonyl (C=O) groups excluding carboxylic acids is 1. The van der Waals surface area contributed by atoms with E-state index in [2.05, 4.69) is 10.6 Å². The van der Waals surface area contributed by atoms with Gasteiger partial charge in [0.2, 0.25) is 0 Å². The molecule has 0 saturated heterocycles. The van der Waals surface area contributed by atoms with E-state index in [0.29, 0.717) is 28.6 Å². The Balaban J connectivity index is 2.82. The maximum atomic E-state index is 12.1. The molecule has 2 amide bonds. The average Bonchev–Trinajstić information content (AvgIpc) is 2.46. The van der Waals surface area contributed by atoms with Gasteiger partial charge in [-0.3, -0.25) is 4.79 Å². The first kappa shape index (κ1) is 18.9. The number of carbonyl (C=O) groups is 2. The second kappa shape index (κ2) is 7.92. The molecule has 128 valence electrons. The third-order valence-corrected chi connectivity index (χ3v) is 3.43. The number of hydrogen-bond donors (Lipinski definition) is 3. The predicted molar refractivity (Wildman–Crippen MR) is 87.7 cm³/mol. The van der Waals surface area contributed by atoms with Crippen molar-refractivity contribution in [3.05, 3.63) is 17.2 Å². The summed E-state index contributed by atoms with van der Waals surface area (Å²) in [5, 5.41) is 14.5. The standard InChI is InChI=1S/C15H21ClN2O5/c1-15(2,6-5-13(19)20)18-14(21)17-10-8-11(22-3)9(16)7-12(10)23-4/h7-8H,5-6H2,1-4H3,(H,19,20)(H2,17,18,21). The van der Waals surface area contributed by atoms with E-state index >= 15 is 0 Å². The molecule has 0 unspecified atom stereocenters. The molecule has 0 radical (unpaired) electrons. The van der Waals surface area contributed by atoms with Gasteiger partial charge in [-0.05, 0) is 20.3 Å². The smallest absolute Gasteiger partial charge is 0.319 e. The number of benzene rings is 1. The van der Waals surface area contributed by atoms with Crippen molar-refractivity contribution < 1.29 is 24.2 Å². The maximum Gasteiger partial charge on any atom is 0.319 e. The van der Waals surface area contributed by atoms with E-state index in [1.54, 1.807) is 19.9 Å². The molecule has 0 fully saturated rings. The van der Waals surface area contributed by atoms with Crippen LogP contribution in [-0.4, -0.2) is 36.9 Å². The van der Waals surface area contributed by atoms with Gasteiger partial charge in [0.25, 0.3) is 0 Å². The zero-order valence-corrected chi connectivity index (χ0v) is 14.3. The van der Waals surface area contributed by atoms with Crippen molar-refractivity contribution in [2.24, 2.45) is 0 Å². The van der Waals surface area contributed by atoms with Gasteiger partial charge in [0.05, 0.1) is 24.9 Å². The average molecular weight is 345 g/mol. The largest absolute Gasteiger partial charge is 0.495 e. The molecule has 0 heterocycles. The Morgan fingerprint density at radius 3 is 2.35 bits per heavy atom. The molecule has 3 N–H and O–H groups in total. The number of anilines is 1. The van der Waals surface area contributed by atoms with Gasteiger partial charge in [0.15, 0.2) is 0 Å². The topological polar surface area (TPSA) is 96.9 Å². The molecule has 0 aliphatic heterocycles. The summed E-state index contributed by atoms with van der Waals surface area (Å²) in [6, 6.07) is 2.60. The van der Waals surface area contributed by atoms with Gasteiger partial charge in [-0.15, -0.1) is 0 Å². The van der Waals surface area contributed by atoms with Crippen molar-refractivity contribution in [3.63, 3.8) is 0 Å². The van der Waals surface area contributed by atoms with Gasteiger partial charge in [-0.2, -0.15) is 0 Å². The molecule has 7 nitrogen and oxygen atoms in total. The van der Waals surface area contributed by atoms with Crippen LogP contribution in [0.4, 0.5) is 10.5 Å². The van der Waals surface area contributed by atoms with Gasteiger partial charge in [0.1, 0.15) is 11.5 Å². The third-order valence-electron chi connectivity index (χ3n) is 3.14. The van der Waals surface area contributed by atoms with Crippen LogP contribution in [0.2, 0.25) is 5.02 Å². The minimum absolute atomic E-state index is 0.0363. The quantitative estimate of drug-likeness (QED) is 0.706. The summed E-state index contributed by atoms with van der Waals surface area (Å²) in [6.07, 6.45) is 0.266. The fourth-order valence-electron chi connectivity index (χ4n) is 1.90. The number of ether oxygens (including phenoxy) is 2. The number of hydrogen-bond acceptors (Lipinski definition) is 4. The summed E-state index contributed by atoms with van der Waals surface area (Å²) in [6.45, 7) is 3.49. The van der Waals surface area contributed by atoms with Gasteiger partial charge in [-0.1, -0.05) is 11.6 Å². The number of nitrogens with one attached hydrogen (secondary N) is 2. The van der Waals surface area contributed by atoms with E-state index in [4.69, 9.17) is 26.2 Å². The highest BCUT2D eigenvalue weighted by molar-refractivity contribution is 6.32. The Morgan fingerprint density at radius 1 is 1.22 bits per heavy atom. The Kier molecular flexibility index (Phi) is 6.50. The van der Waals surface area contributed by atoms with Gasteiger partial charge < -0.3 is 25.2 Å². The number of carboxylic acids is 1. The highest BCUT2D eigenvalue weighted by Gasteiger charge is 2.22. The van der Waals surface area contributed by atoms with Gasteiger partial charge >= 0.3 is 12.0 Å². The van der Waals surface area contributed by atoms with Gasteiger partial charge in [0, 0.05) is 24.1 Å². The van der Waals surface area contributed by atoms with Crippen LogP contribution in [0.15, 0.2) is 12.1 Å². The Bertz CT molecular complexity index is 589. The number of urea groups is 1. The summed E-state index contributed by atoms with van der Waals surface area (Å²) >= 11 is 6.01. The van der Waals surface area contributed by atoms with Crippen molar-refractivity contribution in [1.29, 1.82) is 0 Å². The molecule has 0 atom stereocenters. The van der Waals surface area contributed by atoms with E-state index in [0.717, 1.165) is 0 Å².